The summed E-state index contributed by atoms with van der Waals surface area (Å²) < 4.78 is 15.6. The summed E-state index contributed by atoms with van der Waals surface area (Å²) in [5.41, 5.74) is -0.0391. The molecule has 0 aliphatic rings. The van der Waals surface area contributed by atoms with Gasteiger partial charge in [0.15, 0.2) is 6.61 Å². The molecule has 0 atom stereocenters. The molecule has 0 aliphatic heterocycles. The lowest BCUT2D eigenvalue weighted by Crippen LogP contribution is -2.15. The van der Waals surface area contributed by atoms with Gasteiger partial charge in [-0.2, -0.15) is 0 Å². The topological polar surface area (TPSA) is 113 Å². The van der Waals surface area contributed by atoms with Crippen molar-refractivity contribution in [3.63, 3.8) is 0 Å². The van der Waals surface area contributed by atoms with Crippen molar-refractivity contribution in [2.45, 2.75) is 19.3 Å². The number of methoxy groups -OCH3 is 1. The molecule has 0 amide bonds. The third-order valence-electron chi connectivity index (χ3n) is 3.75. The average molecular weight is 389 g/mol. The number of ether oxygens (including phenoxy) is 3. The van der Waals surface area contributed by atoms with Gasteiger partial charge in [-0.05, 0) is 37.5 Å². The van der Waals surface area contributed by atoms with Crippen molar-refractivity contribution in [3.05, 3.63) is 52.7 Å². The molecule has 1 heterocycles. The zero-order valence-corrected chi connectivity index (χ0v) is 15.6. The number of carbonyl (C=O) groups is 1. The molecule has 0 unspecified atom stereocenters. The molecule has 0 bridgehead atoms. The highest BCUT2D eigenvalue weighted by Gasteiger charge is 2.06. The Labute approximate surface area is 162 Å². The standard InChI is InChI=1S/C19H23N3O6/c1-26-16-6-5-7-17(12-16)28-14-19(23)27-11-4-2-3-10-20-18-9-8-15(13-21-18)22(24)25/h5-9,12-13H,2-4,10-11,14H2,1H3,(H,20,21). The third kappa shape index (κ3) is 7.48. The number of aromatic nitrogens is 1. The summed E-state index contributed by atoms with van der Waals surface area (Å²) in [6, 6.07) is 9.98. The largest absolute Gasteiger partial charge is 0.497 e. The lowest BCUT2D eigenvalue weighted by atomic mass is 10.2. The van der Waals surface area contributed by atoms with Gasteiger partial charge in [0.2, 0.25) is 0 Å². The summed E-state index contributed by atoms with van der Waals surface area (Å²) in [6.07, 6.45) is 3.68. The highest BCUT2D eigenvalue weighted by atomic mass is 16.6. The maximum atomic E-state index is 11.7. The number of anilines is 1. The number of nitro groups is 1. The maximum absolute atomic E-state index is 11.7. The Kier molecular flexibility index (Phi) is 8.51. The first-order chi connectivity index (χ1) is 13.6. The molecule has 0 aliphatic carbocycles. The predicted molar refractivity (Wildman–Crippen MR) is 103 cm³/mol. The van der Waals surface area contributed by atoms with Crippen LogP contribution in [-0.2, 0) is 9.53 Å². The molecule has 28 heavy (non-hydrogen) atoms. The number of hydrogen-bond donors (Lipinski definition) is 1. The molecule has 9 nitrogen and oxygen atoms in total. The Morgan fingerprint density at radius 2 is 2.00 bits per heavy atom. The minimum absolute atomic E-state index is 0.0391. The summed E-state index contributed by atoms with van der Waals surface area (Å²) in [6.45, 7) is 0.855. The lowest BCUT2D eigenvalue weighted by Gasteiger charge is -2.08. The first-order valence-electron chi connectivity index (χ1n) is 8.85. The van der Waals surface area contributed by atoms with E-state index in [1.165, 1.54) is 12.3 Å². The molecule has 0 fully saturated rings. The second-order valence-electron chi connectivity index (χ2n) is 5.83. The van der Waals surface area contributed by atoms with Crippen molar-refractivity contribution in [2.24, 2.45) is 0 Å². The van der Waals surface area contributed by atoms with E-state index in [0.717, 1.165) is 19.3 Å². The van der Waals surface area contributed by atoms with Gasteiger partial charge in [-0.3, -0.25) is 10.1 Å². The first kappa shape index (κ1) is 20.9. The van der Waals surface area contributed by atoms with E-state index in [2.05, 4.69) is 10.3 Å². The van der Waals surface area contributed by atoms with Crippen molar-refractivity contribution in [2.75, 3.05) is 32.2 Å². The quantitative estimate of drug-likeness (QED) is 0.255. The Balaban J connectivity index is 1.51. The molecule has 150 valence electrons. The Morgan fingerprint density at radius 1 is 1.18 bits per heavy atom. The van der Waals surface area contributed by atoms with Gasteiger partial charge in [0, 0.05) is 18.7 Å². The summed E-state index contributed by atoms with van der Waals surface area (Å²) in [7, 11) is 1.56. The van der Waals surface area contributed by atoms with Crippen LogP contribution in [0.3, 0.4) is 0 Å². The Morgan fingerprint density at radius 3 is 2.71 bits per heavy atom. The first-order valence-corrected chi connectivity index (χ1v) is 8.85. The fraction of sp³-hybridized carbons (Fsp3) is 0.368. The molecular formula is C19H23N3O6. The molecule has 0 saturated carbocycles. The van der Waals surface area contributed by atoms with Gasteiger partial charge >= 0.3 is 5.97 Å². The molecule has 0 spiro atoms. The number of benzene rings is 1. The molecule has 1 aromatic heterocycles. The van der Waals surface area contributed by atoms with Gasteiger partial charge in [-0.25, -0.2) is 9.78 Å². The summed E-state index contributed by atoms with van der Waals surface area (Å²) >= 11 is 0. The van der Waals surface area contributed by atoms with Crippen molar-refractivity contribution in [3.8, 4) is 11.5 Å². The second-order valence-corrected chi connectivity index (χ2v) is 5.83. The normalized spacial score (nSPS) is 10.2. The zero-order valence-electron chi connectivity index (χ0n) is 15.6. The number of nitrogens with zero attached hydrogens (tertiary/aromatic N) is 2. The van der Waals surface area contributed by atoms with Crippen LogP contribution in [0.25, 0.3) is 0 Å². The number of pyridine rings is 1. The van der Waals surface area contributed by atoms with Gasteiger partial charge in [0.25, 0.3) is 5.69 Å². The van der Waals surface area contributed by atoms with Crippen LogP contribution in [-0.4, -0.2) is 42.7 Å². The van der Waals surface area contributed by atoms with Crippen molar-refractivity contribution in [1.29, 1.82) is 0 Å². The molecule has 2 rings (SSSR count). The number of carbonyl (C=O) groups excluding carboxylic acids is 1. The highest BCUT2D eigenvalue weighted by molar-refractivity contribution is 5.71. The van der Waals surface area contributed by atoms with E-state index in [0.29, 0.717) is 30.5 Å². The van der Waals surface area contributed by atoms with E-state index in [1.54, 1.807) is 37.4 Å². The van der Waals surface area contributed by atoms with E-state index in [1.807, 2.05) is 0 Å². The Hall–Kier alpha value is -3.36. The summed E-state index contributed by atoms with van der Waals surface area (Å²) in [5.74, 6) is 1.37. The third-order valence-corrected chi connectivity index (χ3v) is 3.75. The van der Waals surface area contributed by atoms with Gasteiger partial charge < -0.3 is 19.5 Å². The smallest absolute Gasteiger partial charge is 0.344 e. The number of nitrogens with one attached hydrogen (secondary N) is 1. The van der Waals surface area contributed by atoms with Gasteiger partial charge in [-0.1, -0.05) is 6.07 Å². The highest BCUT2D eigenvalue weighted by Crippen LogP contribution is 2.18. The molecule has 9 heteroatoms. The molecule has 0 radical (unpaired) electrons. The lowest BCUT2D eigenvalue weighted by molar-refractivity contribution is -0.385. The van der Waals surface area contributed by atoms with Crippen LogP contribution in [0.4, 0.5) is 11.5 Å². The van der Waals surface area contributed by atoms with E-state index < -0.39 is 10.9 Å². The van der Waals surface area contributed by atoms with E-state index in [-0.39, 0.29) is 12.3 Å². The number of unbranched alkanes of at least 4 members (excludes halogenated alkanes) is 2. The molecular weight excluding hydrogens is 366 g/mol. The SMILES string of the molecule is COc1cccc(OCC(=O)OCCCCCNc2ccc([N+](=O)[O-])cn2)c1. The Bertz CT molecular complexity index is 767. The fourth-order valence-electron chi connectivity index (χ4n) is 2.28. The van der Waals surface area contributed by atoms with Crippen LogP contribution in [0, 0.1) is 10.1 Å². The fourth-order valence-corrected chi connectivity index (χ4v) is 2.28. The second kappa shape index (κ2) is 11.4. The monoisotopic (exact) mass is 389 g/mol. The maximum Gasteiger partial charge on any atom is 0.344 e. The predicted octanol–water partition coefficient (Wildman–Crippen LogP) is 3.20. The van der Waals surface area contributed by atoms with Gasteiger partial charge in [-0.15, -0.1) is 0 Å². The van der Waals surface area contributed by atoms with Crippen LogP contribution in [0.1, 0.15) is 19.3 Å². The van der Waals surface area contributed by atoms with Crippen LogP contribution in [0.5, 0.6) is 11.5 Å². The average Bonchev–Trinajstić information content (AvgIpc) is 2.72. The van der Waals surface area contributed by atoms with Gasteiger partial charge in [0.05, 0.1) is 18.6 Å². The number of hydrogen-bond acceptors (Lipinski definition) is 8. The van der Waals surface area contributed by atoms with E-state index >= 15 is 0 Å². The van der Waals surface area contributed by atoms with Crippen LogP contribution >= 0.6 is 0 Å². The summed E-state index contributed by atoms with van der Waals surface area (Å²) in [5, 5.41) is 13.6. The molecule has 0 saturated heterocycles. The minimum Gasteiger partial charge on any atom is -0.497 e. The van der Waals surface area contributed by atoms with Crippen molar-refractivity contribution >= 4 is 17.5 Å². The van der Waals surface area contributed by atoms with Gasteiger partial charge in [0.1, 0.15) is 23.5 Å². The van der Waals surface area contributed by atoms with Crippen molar-refractivity contribution < 1.29 is 23.9 Å². The molecule has 2 aromatic rings. The zero-order chi connectivity index (χ0) is 20.2. The van der Waals surface area contributed by atoms with E-state index in [4.69, 9.17) is 14.2 Å². The minimum atomic E-state index is -0.486. The van der Waals surface area contributed by atoms with Crippen LogP contribution in [0.15, 0.2) is 42.6 Å². The van der Waals surface area contributed by atoms with Crippen LogP contribution in [0.2, 0.25) is 0 Å². The number of esters is 1. The van der Waals surface area contributed by atoms with Crippen LogP contribution < -0.4 is 14.8 Å². The van der Waals surface area contributed by atoms with E-state index in [9.17, 15) is 14.9 Å². The molecule has 1 N–H and O–H groups in total. The molecule has 1 aromatic carbocycles. The number of rotatable bonds is 12. The summed E-state index contributed by atoms with van der Waals surface area (Å²) in [4.78, 5) is 25.7. The van der Waals surface area contributed by atoms with Crippen molar-refractivity contribution in [1.82, 2.24) is 4.98 Å².